The van der Waals surface area contributed by atoms with E-state index < -0.39 is 47.8 Å². The number of rotatable bonds is 7. The number of methoxy groups -OCH3 is 3. The number of esters is 3. The second kappa shape index (κ2) is 9.21. The van der Waals surface area contributed by atoms with Crippen molar-refractivity contribution >= 4 is 23.8 Å². The van der Waals surface area contributed by atoms with Gasteiger partial charge in [0.1, 0.15) is 12.1 Å². The van der Waals surface area contributed by atoms with Crippen molar-refractivity contribution in [3.8, 4) is 0 Å². The maximum atomic E-state index is 12.2. The van der Waals surface area contributed by atoms with Gasteiger partial charge in [-0.3, -0.25) is 14.4 Å². The summed E-state index contributed by atoms with van der Waals surface area (Å²) in [6.45, 7) is 1.92. The summed E-state index contributed by atoms with van der Waals surface area (Å²) in [4.78, 5) is 48.1. The lowest BCUT2D eigenvalue weighted by Crippen LogP contribution is -2.53. The Morgan fingerprint density at radius 3 is 1.96 bits per heavy atom. The molecule has 0 aliphatic carbocycles. The third-order valence-corrected chi connectivity index (χ3v) is 3.94. The molecule has 0 radical (unpaired) electrons. The normalized spacial score (nSPS) is 19.3. The molecule has 9 heteroatoms. The second-order valence-electron chi connectivity index (χ2n) is 5.39. The third-order valence-electron chi connectivity index (χ3n) is 3.94. The summed E-state index contributed by atoms with van der Waals surface area (Å²) >= 11 is 0. The molecule has 136 valence electrons. The average Bonchev–Trinajstić information content (AvgIpc) is 3.12. The first kappa shape index (κ1) is 19.9. The Morgan fingerprint density at radius 2 is 1.54 bits per heavy atom. The minimum Gasteiger partial charge on any atom is -0.468 e. The summed E-state index contributed by atoms with van der Waals surface area (Å²) < 4.78 is 19.1. The van der Waals surface area contributed by atoms with Crippen LogP contribution in [0.5, 0.6) is 0 Å². The molecule has 1 saturated heterocycles. The van der Waals surface area contributed by atoms with Crippen LogP contribution in [-0.2, 0) is 38.1 Å². The molecule has 0 aromatic heterocycles. The lowest BCUT2D eigenvalue weighted by Gasteiger charge is -2.27. The molecule has 1 heterocycles. The van der Waals surface area contributed by atoms with Crippen molar-refractivity contribution in [2.75, 3.05) is 27.9 Å². The smallest absolute Gasteiger partial charge is 0.328 e. The lowest BCUT2D eigenvalue weighted by atomic mass is 9.87. The van der Waals surface area contributed by atoms with Gasteiger partial charge in [0.05, 0.1) is 21.3 Å². The summed E-state index contributed by atoms with van der Waals surface area (Å²) in [7, 11) is 3.37. The number of carbonyl (C=O) groups excluding carboxylic acids is 4. The minimum atomic E-state index is -1.38. The van der Waals surface area contributed by atoms with Crippen LogP contribution in [0, 0.1) is 11.8 Å². The Morgan fingerprint density at radius 1 is 1.00 bits per heavy atom. The first-order valence-corrected chi connectivity index (χ1v) is 7.52. The molecule has 0 aromatic rings. The van der Waals surface area contributed by atoms with Gasteiger partial charge in [0, 0.05) is 12.5 Å². The highest BCUT2D eigenvalue weighted by atomic mass is 16.5. The minimum absolute atomic E-state index is 0.462. The van der Waals surface area contributed by atoms with Gasteiger partial charge in [-0.15, -0.1) is 0 Å². The number of carbonyl (C=O) groups is 4. The fourth-order valence-corrected chi connectivity index (χ4v) is 2.53. The third kappa shape index (κ3) is 4.67. The number of nitrogens with one attached hydrogen (secondary N) is 1. The lowest BCUT2D eigenvalue weighted by molar-refractivity contribution is -0.163. The Bertz CT molecular complexity index is 470. The van der Waals surface area contributed by atoms with E-state index in [4.69, 9.17) is 4.74 Å². The van der Waals surface area contributed by atoms with Gasteiger partial charge in [-0.2, -0.15) is 0 Å². The fraction of sp³-hybridized carbons (Fsp3) is 0.733. The zero-order valence-electron chi connectivity index (χ0n) is 14.2. The second-order valence-corrected chi connectivity index (χ2v) is 5.39. The van der Waals surface area contributed by atoms with E-state index in [2.05, 4.69) is 19.5 Å². The molecule has 1 N–H and O–H groups in total. The number of ether oxygens (including phenoxy) is 4. The maximum Gasteiger partial charge on any atom is 0.328 e. The van der Waals surface area contributed by atoms with Gasteiger partial charge >= 0.3 is 17.9 Å². The predicted octanol–water partition coefficient (Wildman–Crippen LogP) is -0.578. The molecule has 1 aliphatic rings. The van der Waals surface area contributed by atoms with E-state index >= 15 is 0 Å². The van der Waals surface area contributed by atoms with Gasteiger partial charge in [0.25, 0.3) is 0 Å². The topological polar surface area (TPSA) is 117 Å². The molecule has 0 aromatic carbocycles. The predicted molar refractivity (Wildman–Crippen MR) is 79.6 cm³/mol. The molecule has 3 atom stereocenters. The molecule has 0 bridgehead atoms. The highest BCUT2D eigenvalue weighted by Gasteiger charge is 2.43. The first-order chi connectivity index (χ1) is 11.4. The highest BCUT2D eigenvalue weighted by molar-refractivity contribution is 5.96. The molecule has 0 saturated carbocycles. The summed E-state index contributed by atoms with van der Waals surface area (Å²) in [6, 6.07) is -1.23. The summed E-state index contributed by atoms with van der Waals surface area (Å²) in [5.41, 5.74) is 0. The molecule has 1 aliphatic heterocycles. The summed E-state index contributed by atoms with van der Waals surface area (Å²) in [5.74, 6) is -5.34. The van der Waals surface area contributed by atoms with Crippen LogP contribution in [0.1, 0.15) is 19.8 Å². The molecule has 0 spiro atoms. The fourth-order valence-electron chi connectivity index (χ4n) is 2.53. The van der Waals surface area contributed by atoms with Crippen LogP contribution in [0.4, 0.5) is 0 Å². The number of hydrogen-bond donors (Lipinski definition) is 1. The van der Waals surface area contributed by atoms with Crippen LogP contribution in [0.3, 0.4) is 0 Å². The van der Waals surface area contributed by atoms with Gasteiger partial charge in [0.15, 0.2) is 5.92 Å². The van der Waals surface area contributed by atoms with Crippen molar-refractivity contribution < 1.29 is 38.1 Å². The van der Waals surface area contributed by atoms with E-state index in [1.807, 2.05) is 0 Å². The number of amides is 1. The zero-order valence-corrected chi connectivity index (χ0v) is 14.2. The molecule has 1 amide bonds. The van der Waals surface area contributed by atoms with E-state index in [1.54, 1.807) is 0 Å². The van der Waals surface area contributed by atoms with Crippen LogP contribution in [0.15, 0.2) is 0 Å². The molecule has 0 unspecified atom stereocenters. The molecule has 1 fully saturated rings. The highest BCUT2D eigenvalue weighted by Crippen LogP contribution is 2.21. The Kier molecular flexibility index (Phi) is 7.63. The van der Waals surface area contributed by atoms with E-state index in [1.165, 1.54) is 6.92 Å². The van der Waals surface area contributed by atoms with Crippen LogP contribution in [0.2, 0.25) is 0 Å². The van der Waals surface area contributed by atoms with Gasteiger partial charge in [-0.05, 0) is 12.8 Å². The molecular formula is C15H23NO8. The van der Waals surface area contributed by atoms with Gasteiger partial charge in [0.2, 0.25) is 5.91 Å². The maximum absolute atomic E-state index is 12.2. The molecule has 9 nitrogen and oxygen atoms in total. The van der Waals surface area contributed by atoms with Crippen molar-refractivity contribution in [1.82, 2.24) is 5.32 Å². The van der Waals surface area contributed by atoms with Crippen molar-refractivity contribution in [2.45, 2.75) is 31.9 Å². The van der Waals surface area contributed by atoms with Crippen LogP contribution in [-0.4, -0.2) is 63.9 Å². The quantitative estimate of drug-likeness (QED) is 0.370. The van der Waals surface area contributed by atoms with Crippen molar-refractivity contribution in [3.63, 3.8) is 0 Å². The Labute approximate surface area is 139 Å². The Balaban J connectivity index is 2.98. The summed E-state index contributed by atoms with van der Waals surface area (Å²) in [6.07, 6.45) is 0.605. The van der Waals surface area contributed by atoms with E-state index in [-0.39, 0.29) is 0 Å². The monoisotopic (exact) mass is 345 g/mol. The zero-order chi connectivity index (χ0) is 18.3. The first-order valence-electron chi connectivity index (χ1n) is 7.52. The van der Waals surface area contributed by atoms with Crippen molar-refractivity contribution in [3.05, 3.63) is 0 Å². The van der Waals surface area contributed by atoms with Crippen molar-refractivity contribution in [1.29, 1.82) is 0 Å². The van der Waals surface area contributed by atoms with Gasteiger partial charge in [-0.25, -0.2) is 4.79 Å². The van der Waals surface area contributed by atoms with Crippen molar-refractivity contribution in [2.24, 2.45) is 11.8 Å². The van der Waals surface area contributed by atoms with E-state index in [9.17, 15) is 19.2 Å². The van der Waals surface area contributed by atoms with E-state index in [0.717, 1.165) is 27.8 Å². The average molecular weight is 345 g/mol. The largest absolute Gasteiger partial charge is 0.468 e. The van der Waals surface area contributed by atoms with Gasteiger partial charge in [-0.1, -0.05) is 6.92 Å². The van der Waals surface area contributed by atoms with Gasteiger partial charge < -0.3 is 24.3 Å². The molecule has 24 heavy (non-hydrogen) atoms. The SMILES string of the molecule is COC(=O)C(C(=O)OC)[C@@H](C)[C@@H](NC(=O)[C@@H]1CCCO1)C(=O)OC. The Hall–Kier alpha value is -2.16. The standard InChI is InChI=1S/C15H23NO8/c1-8(10(13(18)21-2)14(19)22-3)11(15(20)23-4)16-12(17)9-6-5-7-24-9/h8-11H,5-7H2,1-4H3,(H,16,17)/t8-,9+,11-/m1/s1. The number of hydrogen-bond acceptors (Lipinski definition) is 8. The van der Waals surface area contributed by atoms with Crippen LogP contribution in [0.25, 0.3) is 0 Å². The summed E-state index contributed by atoms with van der Waals surface area (Å²) in [5, 5.41) is 2.49. The van der Waals surface area contributed by atoms with Crippen LogP contribution >= 0.6 is 0 Å². The molecule has 1 rings (SSSR count). The van der Waals surface area contributed by atoms with Crippen LogP contribution < -0.4 is 5.32 Å². The van der Waals surface area contributed by atoms with E-state index in [0.29, 0.717) is 13.0 Å². The molecular weight excluding hydrogens is 322 g/mol.